The minimum Gasteiger partial charge on any atom is -0.478 e. The first kappa shape index (κ1) is 17.2. The van der Waals surface area contributed by atoms with Gasteiger partial charge in [0.15, 0.2) is 0 Å². The second-order valence-electron chi connectivity index (χ2n) is 2.65. The van der Waals surface area contributed by atoms with Crippen LogP contribution in [-0.2, 0) is 4.79 Å². The van der Waals surface area contributed by atoms with Crippen LogP contribution in [0, 0.1) is 0 Å². The van der Waals surface area contributed by atoms with Crippen LogP contribution in [-0.4, -0.2) is 21.0 Å². The van der Waals surface area contributed by atoms with Crippen LogP contribution in [0.4, 0.5) is 0 Å². The Labute approximate surface area is 102 Å². The van der Waals surface area contributed by atoms with Gasteiger partial charge in [0.1, 0.15) is 0 Å². The molecule has 14 heavy (non-hydrogen) atoms. The van der Waals surface area contributed by atoms with Gasteiger partial charge < -0.3 is 5.11 Å². The summed E-state index contributed by atoms with van der Waals surface area (Å²) < 4.78 is -2.17. The fraction of sp³-hybridized carbons (Fsp3) is 0.875. The smallest absolute Gasteiger partial charge is 0.356 e. The number of alkyl halides is 3. The summed E-state index contributed by atoms with van der Waals surface area (Å²) in [5.74, 6) is -1.46. The highest BCUT2D eigenvalue weighted by molar-refractivity contribution is 7.16. The SMILES string of the molecule is CCCCCCP.O=C(O)C(Cl)(Cl)Cl. The standard InChI is InChI=1S/C6H15P.C2HCl3O2/c1-2-3-4-5-6-7;3-2(4,5)1(6)7/h2-7H2,1H3;(H,6,7). The van der Waals surface area contributed by atoms with Crippen molar-refractivity contribution < 1.29 is 9.90 Å². The van der Waals surface area contributed by atoms with Gasteiger partial charge in [-0.25, -0.2) is 4.79 Å². The van der Waals surface area contributed by atoms with E-state index in [-0.39, 0.29) is 0 Å². The zero-order valence-electron chi connectivity index (χ0n) is 8.10. The molecule has 0 fully saturated rings. The van der Waals surface area contributed by atoms with Gasteiger partial charge in [-0.3, -0.25) is 0 Å². The number of aliphatic carboxylic acids is 1. The topological polar surface area (TPSA) is 37.3 Å². The van der Waals surface area contributed by atoms with E-state index >= 15 is 0 Å². The van der Waals surface area contributed by atoms with Crippen LogP contribution >= 0.6 is 44.0 Å². The molecule has 0 aromatic rings. The number of carboxylic acid groups (broad SMARTS) is 1. The van der Waals surface area contributed by atoms with Crippen molar-refractivity contribution in [2.75, 3.05) is 6.16 Å². The molecule has 6 heteroatoms. The summed E-state index contributed by atoms with van der Waals surface area (Å²) in [5, 5.41) is 7.85. The highest BCUT2D eigenvalue weighted by atomic mass is 35.6. The van der Waals surface area contributed by atoms with Crippen molar-refractivity contribution in [2.24, 2.45) is 0 Å². The lowest BCUT2D eigenvalue weighted by molar-refractivity contribution is -0.135. The molecule has 0 heterocycles. The van der Waals surface area contributed by atoms with Crippen molar-refractivity contribution in [3.63, 3.8) is 0 Å². The molecule has 0 saturated carbocycles. The van der Waals surface area contributed by atoms with E-state index in [4.69, 9.17) is 39.9 Å². The second kappa shape index (κ2) is 10.3. The average molecular weight is 282 g/mol. The van der Waals surface area contributed by atoms with E-state index in [2.05, 4.69) is 16.2 Å². The molecule has 0 rings (SSSR count). The zero-order valence-corrected chi connectivity index (χ0v) is 11.5. The number of rotatable bonds is 4. The summed E-state index contributed by atoms with van der Waals surface area (Å²) in [7, 11) is 2.75. The Bertz CT molecular complexity index is 144. The van der Waals surface area contributed by atoms with E-state index < -0.39 is 9.76 Å². The fourth-order valence-corrected chi connectivity index (χ4v) is 0.860. The van der Waals surface area contributed by atoms with Crippen molar-refractivity contribution in [3.05, 3.63) is 0 Å². The molecule has 0 spiro atoms. The van der Waals surface area contributed by atoms with Crippen molar-refractivity contribution >= 4 is 50.0 Å². The lowest BCUT2D eigenvalue weighted by atomic mass is 10.2. The summed E-state index contributed by atoms with van der Waals surface area (Å²) in [5.41, 5.74) is 0. The molecule has 0 aromatic carbocycles. The third kappa shape index (κ3) is 15.3. The predicted molar refractivity (Wildman–Crippen MR) is 66.6 cm³/mol. The minimum absolute atomic E-state index is 1.28. The molecular weight excluding hydrogens is 265 g/mol. The summed E-state index contributed by atoms with van der Waals surface area (Å²) in [6.07, 6.45) is 6.84. The third-order valence-electron chi connectivity index (χ3n) is 1.30. The summed E-state index contributed by atoms with van der Waals surface area (Å²) in [6, 6.07) is 0. The van der Waals surface area contributed by atoms with Gasteiger partial charge in [-0.1, -0.05) is 61.0 Å². The Morgan fingerprint density at radius 3 is 1.93 bits per heavy atom. The summed E-state index contributed by atoms with van der Waals surface area (Å²) in [4.78, 5) is 9.62. The van der Waals surface area contributed by atoms with E-state index in [1.807, 2.05) is 0 Å². The monoisotopic (exact) mass is 280 g/mol. The minimum atomic E-state index is -2.17. The van der Waals surface area contributed by atoms with E-state index in [0.29, 0.717) is 0 Å². The Morgan fingerprint density at radius 2 is 1.71 bits per heavy atom. The van der Waals surface area contributed by atoms with Gasteiger partial charge in [0.05, 0.1) is 0 Å². The molecule has 1 N–H and O–H groups in total. The van der Waals surface area contributed by atoms with Crippen LogP contribution in [0.3, 0.4) is 0 Å². The average Bonchev–Trinajstić information content (AvgIpc) is 2.05. The maximum atomic E-state index is 9.62. The fourth-order valence-electron chi connectivity index (χ4n) is 0.571. The van der Waals surface area contributed by atoms with Crippen molar-refractivity contribution in [3.8, 4) is 0 Å². The first-order valence-electron chi connectivity index (χ1n) is 4.36. The van der Waals surface area contributed by atoms with Crippen LogP contribution in [0.25, 0.3) is 0 Å². The molecule has 0 aliphatic rings. The molecular formula is C8H16Cl3O2P. The van der Waals surface area contributed by atoms with Crippen LogP contribution in [0.15, 0.2) is 0 Å². The van der Waals surface area contributed by atoms with Gasteiger partial charge in [-0.15, -0.1) is 9.24 Å². The lowest BCUT2D eigenvalue weighted by Gasteiger charge is -1.99. The Balaban J connectivity index is 0. The molecule has 0 aromatic heterocycles. The molecule has 86 valence electrons. The Morgan fingerprint density at radius 1 is 1.29 bits per heavy atom. The van der Waals surface area contributed by atoms with Crippen LogP contribution in [0.2, 0.25) is 0 Å². The third-order valence-corrected chi connectivity index (χ3v) is 2.19. The first-order chi connectivity index (χ1) is 6.36. The maximum absolute atomic E-state index is 9.62. The Hall–Kier alpha value is 0.770. The van der Waals surface area contributed by atoms with Crippen LogP contribution < -0.4 is 0 Å². The van der Waals surface area contributed by atoms with E-state index in [0.717, 1.165) is 0 Å². The highest BCUT2D eigenvalue weighted by Gasteiger charge is 2.29. The number of hydrogen-bond donors (Lipinski definition) is 1. The van der Waals surface area contributed by atoms with Gasteiger partial charge in [-0.2, -0.15) is 0 Å². The molecule has 0 aliphatic heterocycles. The quantitative estimate of drug-likeness (QED) is 0.482. The normalized spacial score (nSPS) is 10.4. The summed E-state index contributed by atoms with van der Waals surface area (Å²) in [6.45, 7) is 2.24. The molecule has 0 aliphatic carbocycles. The van der Waals surface area contributed by atoms with E-state index in [1.54, 1.807) is 0 Å². The van der Waals surface area contributed by atoms with Gasteiger partial charge in [-0.05, 0) is 12.6 Å². The zero-order chi connectivity index (χ0) is 11.6. The van der Waals surface area contributed by atoms with E-state index in [1.165, 1.54) is 31.8 Å². The lowest BCUT2D eigenvalue weighted by Crippen LogP contribution is -2.16. The molecule has 1 unspecified atom stereocenters. The van der Waals surface area contributed by atoms with Gasteiger partial charge in [0.2, 0.25) is 0 Å². The number of carboxylic acids is 1. The molecule has 0 radical (unpaired) electrons. The van der Waals surface area contributed by atoms with Gasteiger partial charge in [0, 0.05) is 0 Å². The Kier molecular flexibility index (Phi) is 12.6. The molecule has 0 bridgehead atoms. The predicted octanol–water partition coefficient (Wildman–Crippen LogP) is 3.88. The molecule has 0 amide bonds. The summed E-state index contributed by atoms with van der Waals surface area (Å²) >= 11 is 14.4. The van der Waals surface area contributed by atoms with Gasteiger partial charge >= 0.3 is 5.97 Å². The van der Waals surface area contributed by atoms with Crippen molar-refractivity contribution in [2.45, 2.75) is 36.4 Å². The van der Waals surface area contributed by atoms with Crippen LogP contribution in [0.1, 0.15) is 32.6 Å². The van der Waals surface area contributed by atoms with Crippen molar-refractivity contribution in [1.29, 1.82) is 0 Å². The maximum Gasteiger partial charge on any atom is 0.356 e. The molecule has 1 atom stereocenters. The molecule has 2 nitrogen and oxygen atoms in total. The second-order valence-corrected chi connectivity index (χ2v) is 5.51. The number of hydrogen-bond acceptors (Lipinski definition) is 1. The van der Waals surface area contributed by atoms with E-state index in [9.17, 15) is 4.79 Å². The number of unbranched alkanes of at least 4 members (excludes halogenated alkanes) is 3. The largest absolute Gasteiger partial charge is 0.478 e. The number of halogens is 3. The van der Waals surface area contributed by atoms with Gasteiger partial charge in [0.25, 0.3) is 3.79 Å². The van der Waals surface area contributed by atoms with Crippen LogP contribution in [0.5, 0.6) is 0 Å². The molecule has 0 saturated heterocycles. The first-order valence-corrected chi connectivity index (χ1v) is 6.31. The highest BCUT2D eigenvalue weighted by Crippen LogP contribution is 2.25. The van der Waals surface area contributed by atoms with Crippen molar-refractivity contribution in [1.82, 2.24) is 0 Å². The number of carbonyl (C=O) groups is 1.